The Labute approximate surface area is 781 Å². The smallest absolute Gasteiger partial charge is 0.364 e. The van der Waals surface area contributed by atoms with E-state index < -0.39 is 334 Å². The number of benzene rings is 1. The van der Waals surface area contributed by atoms with E-state index in [0.717, 1.165) is 54.1 Å². The zero-order valence-corrected chi connectivity index (χ0v) is 76.7. The van der Waals surface area contributed by atoms with Crippen molar-refractivity contribution in [2.45, 2.75) is 270 Å². The third-order valence-electron chi connectivity index (χ3n) is 22.9. The number of ketones is 6. The van der Waals surface area contributed by atoms with Crippen LogP contribution in [0.5, 0.6) is 0 Å². The summed E-state index contributed by atoms with van der Waals surface area (Å²) in [5.41, 5.74) is 11.6. The Kier molecular flexibility index (Phi) is 46.6. The highest BCUT2D eigenvalue weighted by molar-refractivity contribution is 8.76. The molecule has 5 aliphatic rings. The third kappa shape index (κ3) is 34.6. The number of aliphatic carboxylic acids is 3. The minimum atomic E-state index is -3.44. The van der Waals surface area contributed by atoms with Crippen molar-refractivity contribution in [1.82, 2.24) is 42.5 Å². The highest BCUT2D eigenvalue weighted by Gasteiger charge is 2.62. The summed E-state index contributed by atoms with van der Waals surface area (Å²) in [4.78, 5) is 237. The van der Waals surface area contributed by atoms with E-state index >= 15 is 0 Å². The van der Waals surface area contributed by atoms with Crippen molar-refractivity contribution in [2.24, 2.45) is 40.1 Å². The molecule has 752 valence electrons. The molecule has 5 saturated heterocycles. The first-order chi connectivity index (χ1) is 63.2. The van der Waals surface area contributed by atoms with Gasteiger partial charge in [-0.15, -0.1) is 11.8 Å². The number of nitrogens with one attached hydrogen (secondary N) is 8. The van der Waals surface area contributed by atoms with Crippen LogP contribution in [0.3, 0.4) is 0 Å². The Morgan fingerprint density at radius 1 is 0.582 bits per heavy atom. The number of fused-ring (bicyclic) bond motifs is 5. The van der Waals surface area contributed by atoms with Gasteiger partial charge in [-0.1, -0.05) is 51.9 Å². The number of carbonyl (C=O) groups is 17. The molecule has 6 rings (SSSR count). The maximum absolute atomic E-state index is 15.0. The Hall–Kier alpha value is -8.95. The number of hydrogen-bond acceptors (Lipinski definition) is 38. The summed E-state index contributed by atoms with van der Waals surface area (Å²) < 4.78 is 34.6. The summed E-state index contributed by atoms with van der Waals surface area (Å²) in [5.74, 6) is -34.7. The summed E-state index contributed by atoms with van der Waals surface area (Å²) in [6.45, 7) is -1.13. The monoisotopic (exact) mass is 1960 g/mol. The average Bonchev–Trinajstić information content (AvgIpc) is 0.752. The first-order valence-corrected chi connectivity index (χ1v) is 47.1. The molecule has 134 heavy (non-hydrogen) atoms. The van der Waals surface area contributed by atoms with Crippen LogP contribution >= 0.6 is 33.3 Å². The summed E-state index contributed by atoms with van der Waals surface area (Å²) in [7, 11) is 1.88. The molecule has 26 N–H and O–H groups in total. The number of carboxylic acids is 3. The number of aliphatic hydroxyl groups excluding tert-OH is 10. The van der Waals surface area contributed by atoms with Gasteiger partial charge in [-0.2, -0.15) is 0 Å². The van der Waals surface area contributed by atoms with Crippen LogP contribution in [0, 0.1) is 23.7 Å². The fraction of sp³-hybridized carbons (Fsp3) is 0.711. The normalized spacial score (nSPS) is 30.1. The molecule has 51 heteroatoms. The van der Waals surface area contributed by atoms with Crippen LogP contribution in [0.2, 0.25) is 0 Å². The van der Waals surface area contributed by atoms with E-state index in [-0.39, 0.29) is 107 Å². The van der Waals surface area contributed by atoms with Gasteiger partial charge in [0.15, 0.2) is 34.9 Å². The van der Waals surface area contributed by atoms with Gasteiger partial charge in [0.25, 0.3) is 11.6 Å². The number of nitrogens with zero attached hydrogens (tertiary/aromatic N) is 1. The molecule has 4 unspecified atom stereocenters. The van der Waals surface area contributed by atoms with E-state index in [0.29, 0.717) is 12.0 Å². The van der Waals surface area contributed by atoms with Crippen LogP contribution in [0.1, 0.15) is 142 Å². The van der Waals surface area contributed by atoms with E-state index in [9.17, 15) is 153 Å². The number of aliphatic hydroxyl groups is 11. The number of carbonyl (C=O) groups excluding carboxylic acids is 14. The maximum Gasteiger partial charge on any atom is 0.364 e. The average molecular weight is 1970 g/mol. The molecule has 5 fully saturated rings. The minimum Gasteiger partial charge on any atom is -0.481 e. The number of amides is 8. The van der Waals surface area contributed by atoms with Gasteiger partial charge in [-0.3, -0.25) is 72.1 Å². The maximum atomic E-state index is 15.0. The van der Waals surface area contributed by atoms with Gasteiger partial charge in [0.1, 0.15) is 60.7 Å². The van der Waals surface area contributed by atoms with Crippen LogP contribution in [0.15, 0.2) is 35.3 Å². The third-order valence-corrected chi connectivity index (χ3v) is 26.3. The van der Waals surface area contributed by atoms with Gasteiger partial charge >= 0.3 is 17.9 Å². The van der Waals surface area contributed by atoms with Crippen molar-refractivity contribution in [3.05, 3.63) is 35.9 Å². The standard InChI is InChI=1S/C83H125N11O37S3/c1-40(98)23-49-57(106)30-82(78(121)122,130-71(49)69(115)61(34-96)127-83(79(123)124)31-59(108)67(90-43(4)101)72(131-83)68(114)60(109)33-95)128-62(35-97)70(116)73-66(89-42(3)100)58(107)29-81(125,129-73)63(110)18-12-22-126-21-11-17-54(103)51-36-132-39-64(111)91-50(16-8-9-19-86-41(2)99)77(120)94-53-38-134-133-37-52(56(105)27-46(75(118)92-51)24-44-13-6-5-7-14-44)93-76(119)47(28-65(112)113)25-48(102)32-88-74(117)45(26-55(53)104)15-10-20-87-80(84)85/h5-7,13-14,45-47,49-53,57-62,66-73,95-97,106-109,114-116,125H,8-12,15-39H2,1-4H3,(H,86,99)(H,88,117)(H,89,100)(H,90,101)(H,91,111)(H,92,118)(H,93,119)(H,94,120)(H,112,113)(H,121,122)(H,123,124)(H4,84,85,87)/t45-,46-,47+,49-,50+,51+,52+,53+,57+,58+,59+,60?,61-,62-,66-,67-,68-,69-,70-,71-,72-,73-,81?,82?,83?/m1/s1. The second kappa shape index (κ2) is 54.9. The number of carboxylic acid groups (broad SMARTS) is 3. The number of rotatable bonds is 42. The van der Waals surface area contributed by atoms with E-state index in [1.165, 1.54) is 6.92 Å². The second-order valence-electron chi connectivity index (χ2n) is 33.6. The van der Waals surface area contributed by atoms with Gasteiger partial charge < -0.3 is 159 Å². The molecule has 5 aliphatic heterocycles. The number of aliphatic imine (C=N–C) groups is 1. The molecule has 25 atom stereocenters. The first-order valence-electron chi connectivity index (χ1n) is 43.5. The van der Waals surface area contributed by atoms with Crippen LogP contribution in [-0.2, 0) is 116 Å². The Morgan fingerprint density at radius 3 is 1.68 bits per heavy atom. The predicted octanol–water partition coefficient (Wildman–Crippen LogP) is -7.80. The molecular weight excluding hydrogens is 1840 g/mol. The lowest BCUT2D eigenvalue weighted by molar-refractivity contribution is -0.360. The van der Waals surface area contributed by atoms with Gasteiger partial charge in [0.2, 0.25) is 53.0 Å². The van der Waals surface area contributed by atoms with Crippen molar-refractivity contribution in [1.29, 1.82) is 0 Å². The van der Waals surface area contributed by atoms with E-state index in [1.54, 1.807) is 30.3 Å². The molecule has 1 aromatic rings. The van der Waals surface area contributed by atoms with Gasteiger partial charge in [-0.25, -0.2) is 9.59 Å². The van der Waals surface area contributed by atoms with E-state index in [1.807, 2.05) is 0 Å². The summed E-state index contributed by atoms with van der Waals surface area (Å²) in [6, 6.07) is -1.10. The van der Waals surface area contributed by atoms with Crippen molar-refractivity contribution in [3.63, 3.8) is 0 Å². The molecule has 0 spiro atoms. The van der Waals surface area contributed by atoms with Crippen molar-refractivity contribution < 1.29 is 181 Å². The molecule has 0 aromatic heterocycles. The number of unbranched alkanes of at least 4 members (excludes halogenated alkanes) is 1. The molecule has 8 amide bonds. The number of nitrogens with two attached hydrogens (primary N) is 2. The molecule has 0 aliphatic carbocycles. The zero-order chi connectivity index (χ0) is 99.6. The SMILES string of the molecule is CC(=O)C[C@H]1[C@H]([C@H](O)[C@@H](CO)OC2(C(=O)O)C[C@H](O)[C@@H](NC(C)=O)[C@H]([C@H](O)C(O)CO)O2)OC(O[C@H](CO)[C@@H](O)[C@@H]2OC(O)(C(=O)CCCOCCCC(=O)[C@@H]3CSCC(=O)N[C@@H](CCCCNC(C)=O)C(=O)N[C@H]4CSSC[C@H](NC(=O)[C@H](CC(=O)O)CC(=O)CNC(=O)[C@H](CCCN=C(N)N)CC4=O)C(=O)C[C@@H](Cc4ccccc4)C(=O)N3)C[C@H](O)[C@H]2NC(C)=O)(C(=O)O)C[C@@H]1O. The van der Waals surface area contributed by atoms with Crippen molar-refractivity contribution in [2.75, 3.05) is 75.7 Å². The van der Waals surface area contributed by atoms with Gasteiger partial charge in [0.05, 0.1) is 99.1 Å². The molecule has 5 heterocycles. The number of thioether (sulfide) groups is 1. The number of ether oxygens (including phenoxy) is 6. The highest BCUT2D eigenvalue weighted by atomic mass is 33.1. The lowest BCUT2D eigenvalue weighted by Gasteiger charge is -2.50. The Morgan fingerprint density at radius 2 is 1.13 bits per heavy atom. The highest BCUT2D eigenvalue weighted by Crippen LogP contribution is 2.43. The fourth-order valence-corrected chi connectivity index (χ4v) is 19.2. The topological polar surface area (TPSA) is 789 Å². The van der Waals surface area contributed by atoms with Crippen LogP contribution < -0.4 is 54.0 Å². The van der Waals surface area contributed by atoms with Crippen LogP contribution in [0.4, 0.5) is 0 Å². The molecule has 1 aromatic carbocycles. The van der Waals surface area contributed by atoms with Crippen LogP contribution in [-0.4, -0.2) is 380 Å². The van der Waals surface area contributed by atoms with Crippen LogP contribution in [0.25, 0.3) is 0 Å². The van der Waals surface area contributed by atoms with Gasteiger partial charge in [0, 0.05) is 140 Å². The number of guanidine groups is 1. The van der Waals surface area contributed by atoms with Crippen molar-refractivity contribution >= 4 is 139 Å². The Bertz CT molecular complexity index is 4240. The quantitative estimate of drug-likeness (QED) is 0.0125. The number of Topliss-reactive ketones (excluding diaryl/α,β-unsaturated/α-hetero) is 6. The first kappa shape index (κ1) is 114. The predicted molar refractivity (Wildman–Crippen MR) is 468 cm³/mol. The molecule has 48 nitrogen and oxygen atoms in total. The Balaban J connectivity index is 1.23. The summed E-state index contributed by atoms with van der Waals surface area (Å²) in [5, 5.41) is 176. The second-order valence-corrected chi connectivity index (χ2v) is 37.2. The molecule has 2 bridgehead atoms. The zero-order valence-electron chi connectivity index (χ0n) is 74.3. The van der Waals surface area contributed by atoms with E-state index in [2.05, 4.69) is 47.5 Å². The fourth-order valence-electron chi connectivity index (χ4n) is 16.0. The largest absolute Gasteiger partial charge is 0.481 e. The molecule has 0 saturated carbocycles. The summed E-state index contributed by atoms with van der Waals surface area (Å²) >= 11 is 0.842. The number of hydrogen-bond donors (Lipinski definition) is 24. The van der Waals surface area contributed by atoms with Crippen molar-refractivity contribution in [3.8, 4) is 0 Å². The van der Waals surface area contributed by atoms with E-state index in [4.69, 9.17) is 39.9 Å². The summed E-state index contributed by atoms with van der Waals surface area (Å²) in [6.07, 6.45) is -35.9. The van der Waals surface area contributed by atoms with Gasteiger partial charge in [-0.05, 0) is 63.9 Å². The molecule has 0 radical (unpaired) electrons. The minimum absolute atomic E-state index is 0.0143. The molecular formula is C83H125N11O37S3. The lowest BCUT2D eigenvalue weighted by Crippen LogP contribution is -2.69. The lowest BCUT2D eigenvalue weighted by atomic mass is 9.80.